The zero-order chi connectivity index (χ0) is 16.6. The average Bonchev–Trinajstić information content (AvgIpc) is 2.49. The molecule has 1 heterocycles. The number of hydrogen-bond acceptors (Lipinski definition) is 4. The Morgan fingerprint density at radius 2 is 1.91 bits per heavy atom. The Labute approximate surface area is 133 Å². The first-order valence-corrected chi connectivity index (χ1v) is 7.91. The molecule has 1 aliphatic heterocycles. The molecule has 0 aromatic carbocycles. The molecule has 0 atom stereocenters. The zero-order valence-corrected chi connectivity index (χ0v) is 14.5. The van der Waals surface area contributed by atoms with E-state index in [2.05, 4.69) is 41.7 Å². The van der Waals surface area contributed by atoms with Crippen molar-refractivity contribution in [3.63, 3.8) is 0 Å². The van der Waals surface area contributed by atoms with Gasteiger partial charge in [-0.25, -0.2) is 4.79 Å². The van der Waals surface area contributed by atoms with Crippen molar-refractivity contribution in [1.29, 1.82) is 0 Å². The highest BCUT2D eigenvalue weighted by Gasteiger charge is 2.23. The van der Waals surface area contributed by atoms with Crippen LogP contribution in [0.5, 0.6) is 0 Å². The maximum atomic E-state index is 11.4. The van der Waals surface area contributed by atoms with E-state index in [1.165, 1.54) is 7.11 Å². The summed E-state index contributed by atoms with van der Waals surface area (Å²) in [5.41, 5.74) is 0.124. The third kappa shape index (κ3) is 6.98. The topological polar surface area (TPSA) is 78.0 Å². The van der Waals surface area contributed by atoms with E-state index in [4.69, 9.17) is 4.74 Å². The maximum absolute atomic E-state index is 11.4. The predicted molar refractivity (Wildman–Crippen MR) is 89.3 cm³/mol. The molecule has 0 aromatic rings. The van der Waals surface area contributed by atoms with Crippen LogP contribution in [0, 0.1) is 0 Å². The van der Waals surface area contributed by atoms with E-state index in [1.807, 2.05) is 0 Å². The number of nitrogens with zero attached hydrogens (tertiary/aromatic N) is 2. The van der Waals surface area contributed by atoms with Crippen molar-refractivity contribution < 1.29 is 9.53 Å². The molecular weight excluding hydrogens is 282 g/mol. The van der Waals surface area contributed by atoms with Crippen LogP contribution in [0.25, 0.3) is 0 Å². The summed E-state index contributed by atoms with van der Waals surface area (Å²) in [5, 5.41) is 10.1. The Balaban J connectivity index is 2.26. The fourth-order valence-corrected chi connectivity index (χ4v) is 2.34. The number of likely N-dealkylation sites (tertiary alicyclic amines) is 1. The van der Waals surface area contributed by atoms with E-state index < -0.39 is 0 Å². The molecule has 0 saturated carbocycles. The number of hydrogen-bond donors (Lipinski definition) is 3. The van der Waals surface area contributed by atoms with E-state index in [0.29, 0.717) is 19.1 Å². The van der Waals surface area contributed by atoms with Gasteiger partial charge in [0, 0.05) is 44.8 Å². The lowest BCUT2D eigenvalue weighted by molar-refractivity contribution is 0.111. The van der Waals surface area contributed by atoms with Crippen molar-refractivity contribution in [2.45, 2.75) is 45.2 Å². The average molecular weight is 313 g/mol. The van der Waals surface area contributed by atoms with Crippen molar-refractivity contribution >= 4 is 12.1 Å². The van der Waals surface area contributed by atoms with Crippen LogP contribution in [0.1, 0.15) is 33.6 Å². The van der Waals surface area contributed by atoms with Crippen LogP contribution >= 0.6 is 0 Å². The number of nitrogens with one attached hydrogen (secondary N) is 3. The van der Waals surface area contributed by atoms with Gasteiger partial charge in [0.05, 0.1) is 7.11 Å². The lowest BCUT2D eigenvalue weighted by Crippen LogP contribution is -2.51. The molecule has 0 aliphatic carbocycles. The molecule has 7 nitrogen and oxygen atoms in total. The Morgan fingerprint density at radius 1 is 1.27 bits per heavy atom. The molecule has 0 spiro atoms. The van der Waals surface area contributed by atoms with Gasteiger partial charge in [-0.1, -0.05) is 0 Å². The van der Waals surface area contributed by atoms with Gasteiger partial charge in [-0.2, -0.15) is 0 Å². The monoisotopic (exact) mass is 313 g/mol. The molecule has 1 aliphatic rings. The van der Waals surface area contributed by atoms with Crippen LogP contribution in [0.3, 0.4) is 0 Å². The van der Waals surface area contributed by atoms with Crippen LogP contribution in [0.2, 0.25) is 0 Å². The highest BCUT2D eigenvalue weighted by molar-refractivity contribution is 5.80. The third-order valence-electron chi connectivity index (χ3n) is 3.57. The number of ether oxygens (including phenoxy) is 1. The second kappa shape index (κ2) is 8.82. The normalized spacial score (nSPS) is 17.3. The van der Waals surface area contributed by atoms with Crippen molar-refractivity contribution in [1.82, 2.24) is 20.9 Å². The van der Waals surface area contributed by atoms with Crippen molar-refractivity contribution in [3.8, 4) is 0 Å². The first-order valence-electron chi connectivity index (χ1n) is 7.91. The summed E-state index contributed by atoms with van der Waals surface area (Å²) in [6, 6.07) is 0.336. The summed E-state index contributed by atoms with van der Waals surface area (Å²) in [7, 11) is 3.19. The summed E-state index contributed by atoms with van der Waals surface area (Å²) in [5.74, 6) is 0.812. The lowest BCUT2D eigenvalue weighted by Gasteiger charge is -2.32. The van der Waals surface area contributed by atoms with E-state index in [1.54, 1.807) is 11.9 Å². The minimum absolute atomic E-state index is 0.124. The van der Waals surface area contributed by atoms with E-state index >= 15 is 0 Å². The fraction of sp³-hybridized carbons (Fsp3) is 0.867. The summed E-state index contributed by atoms with van der Waals surface area (Å²) in [4.78, 5) is 17.4. The highest BCUT2D eigenvalue weighted by atomic mass is 16.5. The Hall–Kier alpha value is -1.50. The van der Waals surface area contributed by atoms with E-state index in [0.717, 1.165) is 31.9 Å². The van der Waals surface area contributed by atoms with Gasteiger partial charge in [0.15, 0.2) is 5.96 Å². The van der Waals surface area contributed by atoms with Gasteiger partial charge in [0.25, 0.3) is 0 Å². The highest BCUT2D eigenvalue weighted by Crippen LogP contribution is 2.11. The van der Waals surface area contributed by atoms with Gasteiger partial charge in [-0.15, -0.1) is 0 Å². The minimum atomic E-state index is -0.241. The van der Waals surface area contributed by atoms with Crippen molar-refractivity contribution in [2.24, 2.45) is 4.99 Å². The Morgan fingerprint density at radius 3 is 2.41 bits per heavy atom. The number of methoxy groups -OCH3 is 1. The zero-order valence-electron chi connectivity index (χ0n) is 14.5. The molecule has 0 aromatic heterocycles. The SMILES string of the molecule is CN=C(NCCNC(C)(C)C)NC1CCN(C(=O)OC)CC1. The maximum Gasteiger partial charge on any atom is 0.409 e. The summed E-state index contributed by atoms with van der Waals surface area (Å²) >= 11 is 0. The smallest absolute Gasteiger partial charge is 0.409 e. The van der Waals surface area contributed by atoms with Crippen LogP contribution in [0.15, 0.2) is 4.99 Å². The quantitative estimate of drug-likeness (QED) is 0.406. The Kier molecular flexibility index (Phi) is 7.44. The number of carbonyl (C=O) groups is 1. The van der Waals surface area contributed by atoms with Gasteiger partial charge < -0.3 is 25.6 Å². The Bertz CT molecular complexity index is 371. The number of piperidine rings is 1. The second-order valence-electron chi connectivity index (χ2n) is 6.55. The van der Waals surface area contributed by atoms with E-state index in [9.17, 15) is 4.79 Å². The summed E-state index contributed by atoms with van der Waals surface area (Å²) in [6.07, 6.45) is 1.56. The summed E-state index contributed by atoms with van der Waals surface area (Å²) in [6.45, 7) is 9.57. The molecule has 1 rings (SSSR count). The first kappa shape index (κ1) is 18.5. The van der Waals surface area contributed by atoms with Crippen LogP contribution in [-0.2, 0) is 4.74 Å². The number of amides is 1. The molecule has 0 unspecified atom stereocenters. The van der Waals surface area contributed by atoms with Gasteiger partial charge in [-0.3, -0.25) is 4.99 Å². The summed E-state index contributed by atoms with van der Waals surface area (Å²) < 4.78 is 4.74. The van der Waals surface area contributed by atoms with Crippen molar-refractivity contribution in [2.75, 3.05) is 40.3 Å². The van der Waals surface area contributed by atoms with E-state index in [-0.39, 0.29) is 11.6 Å². The van der Waals surface area contributed by atoms with Gasteiger partial charge in [-0.05, 0) is 33.6 Å². The second-order valence-corrected chi connectivity index (χ2v) is 6.55. The predicted octanol–water partition coefficient (Wildman–Crippen LogP) is 0.770. The standard InChI is InChI=1S/C15H31N5O2/c1-15(2,3)18-9-8-17-13(16-4)19-12-6-10-20(11-7-12)14(21)22-5/h12,18H,6-11H2,1-5H3,(H2,16,17,19). The molecule has 7 heteroatoms. The number of guanidine groups is 1. The molecule has 128 valence electrons. The lowest BCUT2D eigenvalue weighted by atomic mass is 10.1. The van der Waals surface area contributed by atoms with Crippen LogP contribution in [-0.4, -0.2) is 68.9 Å². The molecular formula is C15H31N5O2. The third-order valence-corrected chi connectivity index (χ3v) is 3.57. The number of carbonyl (C=O) groups excluding carboxylic acids is 1. The minimum Gasteiger partial charge on any atom is -0.453 e. The van der Waals surface area contributed by atoms with Crippen LogP contribution in [0.4, 0.5) is 4.79 Å². The molecule has 22 heavy (non-hydrogen) atoms. The molecule has 0 bridgehead atoms. The van der Waals surface area contributed by atoms with Crippen molar-refractivity contribution in [3.05, 3.63) is 0 Å². The van der Waals surface area contributed by atoms with Crippen LogP contribution < -0.4 is 16.0 Å². The largest absolute Gasteiger partial charge is 0.453 e. The molecule has 0 radical (unpaired) electrons. The number of aliphatic imine (C=N–C) groups is 1. The van der Waals surface area contributed by atoms with Gasteiger partial charge in [0.2, 0.25) is 0 Å². The molecule has 3 N–H and O–H groups in total. The van der Waals surface area contributed by atoms with Gasteiger partial charge in [0.1, 0.15) is 0 Å². The first-order chi connectivity index (χ1) is 10.4. The number of rotatable bonds is 4. The molecule has 1 amide bonds. The fourth-order valence-electron chi connectivity index (χ4n) is 2.34. The molecule has 1 saturated heterocycles. The van der Waals surface area contributed by atoms with Gasteiger partial charge >= 0.3 is 6.09 Å². The molecule has 1 fully saturated rings.